The standard InChI is InChI=1S/C24H25N3O4/c1-30-21-9-5-3-7-19(21)27-15-17(14-22(27)28)24(29)26-12-10-16(11-13-26)23-25-18-6-2-4-8-20(18)31-23/h2-9,16-17H,10-15H2,1H3/t17-/m1/s1. The van der Waals surface area contributed by atoms with E-state index < -0.39 is 0 Å². The van der Waals surface area contributed by atoms with Gasteiger partial charge in [-0.2, -0.15) is 0 Å². The van der Waals surface area contributed by atoms with Crippen LogP contribution in [0.1, 0.15) is 31.1 Å². The molecule has 2 aliphatic rings. The lowest BCUT2D eigenvalue weighted by Gasteiger charge is -2.32. The number of nitrogens with zero attached hydrogens (tertiary/aromatic N) is 3. The number of anilines is 1. The Morgan fingerprint density at radius 2 is 1.84 bits per heavy atom. The summed E-state index contributed by atoms with van der Waals surface area (Å²) in [6, 6.07) is 15.2. The summed E-state index contributed by atoms with van der Waals surface area (Å²) in [5.41, 5.74) is 2.40. The lowest BCUT2D eigenvalue weighted by Crippen LogP contribution is -2.42. The molecule has 7 heteroatoms. The van der Waals surface area contributed by atoms with Gasteiger partial charge in [0.25, 0.3) is 0 Å². The largest absolute Gasteiger partial charge is 0.495 e. The summed E-state index contributed by atoms with van der Waals surface area (Å²) in [6.07, 6.45) is 1.87. The topological polar surface area (TPSA) is 75.9 Å². The van der Waals surface area contributed by atoms with Crippen molar-refractivity contribution in [1.29, 1.82) is 0 Å². The molecule has 3 aromatic rings. The molecule has 160 valence electrons. The molecule has 0 N–H and O–H groups in total. The molecule has 0 aliphatic carbocycles. The summed E-state index contributed by atoms with van der Waals surface area (Å²) in [7, 11) is 1.59. The van der Waals surface area contributed by atoms with Gasteiger partial charge in [0.1, 0.15) is 11.3 Å². The van der Waals surface area contributed by atoms with Gasteiger partial charge in [-0.1, -0.05) is 24.3 Å². The van der Waals surface area contributed by atoms with Gasteiger partial charge in [-0.3, -0.25) is 9.59 Å². The van der Waals surface area contributed by atoms with Gasteiger partial charge in [-0.25, -0.2) is 4.98 Å². The molecule has 0 radical (unpaired) electrons. The van der Waals surface area contributed by atoms with Crippen LogP contribution >= 0.6 is 0 Å². The molecule has 0 unspecified atom stereocenters. The maximum atomic E-state index is 13.1. The third-order valence-corrected chi connectivity index (χ3v) is 6.32. The molecule has 1 aromatic heterocycles. The van der Waals surface area contributed by atoms with Crippen LogP contribution in [0.2, 0.25) is 0 Å². The first-order valence-electron chi connectivity index (χ1n) is 10.7. The zero-order valence-electron chi connectivity index (χ0n) is 17.5. The molecule has 2 saturated heterocycles. The van der Waals surface area contributed by atoms with E-state index in [1.165, 1.54) is 0 Å². The fourth-order valence-corrected chi connectivity index (χ4v) is 4.63. The number of carbonyl (C=O) groups excluding carboxylic acids is 2. The van der Waals surface area contributed by atoms with Crippen LogP contribution in [0.5, 0.6) is 5.75 Å². The van der Waals surface area contributed by atoms with Crippen LogP contribution in [-0.4, -0.2) is 48.4 Å². The monoisotopic (exact) mass is 419 g/mol. The van der Waals surface area contributed by atoms with Crippen molar-refractivity contribution >= 4 is 28.6 Å². The van der Waals surface area contributed by atoms with Crippen LogP contribution in [0.15, 0.2) is 52.9 Å². The number of aromatic nitrogens is 1. The SMILES string of the molecule is COc1ccccc1N1C[C@H](C(=O)N2CCC(c3nc4ccccc4o3)CC2)CC1=O. The second-order valence-corrected chi connectivity index (χ2v) is 8.20. The molecule has 2 fully saturated rings. The summed E-state index contributed by atoms with van der Waals surface area (Å²) < 4.78 is 11.3. The molecule has 2 amide bonds. The number of rotatable bonds is 4. The van der Waals surface area contributed by atoms with Crippen molar-refractivity contribution in [2.75, 3.05) is 31.6 Å². The van der Waals surface area contributed by atoms with Crippen molar-refractivity contribution < 1.29 is 18.7 Å². The molecular weight excluding hydrogens is 394 g/mol. The van der Waals surface area contributed by atoms with Gasteiger partial charge in [0.05, 0.1) is 18.7 Å². The Hall–Kier alpha value is -3.35. The molecule has 0 bridgehead atoms. The maximum Gasteiger partial charge on any atom is 0.228 e. The number of hydrogen-bond donors (Lipinski definition) is 0. The number of hydrogen-bond acceptors (Lipinski definition) is 5. The van der Waals surface area contributed by atoms with Gasteiger partial charge in [0, 0.05) is 32.0 Å². The van der Waals surface area contributed by atoms with Crippen LogP contribution < -0.4 is 9.64 Å². The van der Waals surface area contributed by atoms with Crippen LogP contribution in [-0.2, 0) is 9.59 Å². The molecule has 7 nitrogen and oxygen atoms in total. The Morgan fingerprint density at radius 3 is 2.61 bits per heavy atom. The Kier molecular flexibility index (Phi) is 5.10. The first-order valence-corrected chi connectivity index (χ1v) is 10.7. The number of fused-ring (bicyclic) bond motifs is 1. The first kappa shape index (κ1) is 19.6. The van der Waals surface area contributed by atoms with Gasteiger partial charge >= 0.3 is 0 Å². The second kappa shape index (κ2) is 8.06. The number of methoxy groups -OCH3 is 1. The van der Waals surface area contributed by atoms with Crippen molar-refractivity contribution in [2.45, 2.75) is 25.2 Å². The summed E-state index contributed by atoms with van der Waals surface area (Å²) in [5.74, 6) is 1.31. The van der Waals surface area contributed by atoms with E-state index in [2.05, 4.69) is 4.98 Å². The van der Waals surface area contributed by atoms with Crippen LogP contribution in [0.3, 0.4) is 0 Å². The number of amides is 2. The number of ether oxygens (including phenoxy) is 1. The van der Waals surface area contributed by atoms with E-state index in [0.717, 1.165) is 35.5 Å². The van der Waals surface area contributed by atoms with Gasteiger partial charge in [0.15, 0.2) is 11.5 Å². The predicted molar refractivity (Wildman–Crippen MR) is 116 cm³/mol. The molecule has 1 atom stereocenters. The number of para-hydroxylation sites is 4. The molecule has 0 saturated carbocycles. The maximum absolute atomic E-state index is 13.1. The molecule has 5 rings (SSSR count). The highest BCUT2D eigenvalue weighted by atomic mass is 16.5. The van der Waals surface area contributed by atoms with Crippen molar-refractivity contribution in [1.82, 2.24) is 9.88 Å². The van der Waals surface area contributed by atoms with E-state index in [1.807, 2.05) is 53.4 Å². The van der Waals surface area contributed by atoms with Gasteiger partial charge in [0.2, 0.25) is 11.8 Å². The summed E-state index contributed by atoms with van der Waals surface area (Å²) in [6.45, 7) is 1.70. The van der Waals surface area contributed by atoms with Crippen molar-refractivity contribution in [3.8, 4) is 5.75 Å². The number of benzene rings is 2. The Labute approximate surface area is 180 Å². The van der Waals surface area contributed by atoms with Gasteiger partial charge in [-0.15, -0.1) is 0 Å². The minimum atomic E-state index is -0.321. The third kappa shape index (κ3) is 3.65. The van der Waals surface area contributed by atoms with E-state index in [9.17, 15) is 9.59 Å². The fraction of sp³-hybridized carbons (Fsp3) is 0.375. The van der Waals surface area contributed by atoms with Crippen molar-refractivity contribution in [2.24, 2.45) is 5.92 Å². The summed E-state index contributed by atoms with van der Waals surface area (Å²) in [4.78, 5) is 34.0. The first-order chi connectivity index (χ1) is 15.1. The summed E-state index contributed by atoms with van der Waals surface area (Å²) in [5, 5.41) is 0. The molecule has 31 heavy (non-hydrogen) atoms. The van der Waals surface area contributed by atoms with Crippen LogP contribution in [0.4, 0.5) is 5.69 Å². The highest BCUT2D eigenvalue weighted by Crippen LogP contribution is 2.35. The number of piperidine rings is 1. The smallest absolute Gasteiger partial charge is 0.228 e. The van der Waals surface area contributed by atoms with Crippen LogP contribution in [0.25, 0.3) is 11.1 Å². The van der Waals surface area contributed by atoms with Crippen molar-refractivity contribution in [3.05, 3.63) is 54.4 Å². The number of carbonyl (C=O) groups is 2. The normalized spacial score (nSPS) is 19.9. The summed E-state index contributed by atoms with van der Waals surface area (Å²) >= 11 is 0. The Morgan fingerprint density at radius 1 is 1.10 bits per heavy atom. The Bertz CT molecular complexity index is 1080. The average molecular weight is 419 g/mol. The van der Waals surface area contributed by atoms with Crippen molar-refractivity contribution in [3.63, 3.8) is 0 Å². The van der Waals surface area contributed by atoms with E-state index in [1.54, 1.807) is 12.0 Å². The minimum Gasteiger partial charge on any atom is -0.495 e. The molecular formula is C24H25N3O4. The molecule has 2 aliphatic heterocycles. The highest BCUT2D eigenvalue weighted by molar-refractivity contribution is 6.01. The lowest BCUT2D eigenvalue weighted by atomic mass is 9.95. The zero-order valence-corrected chi connectivity index (χ0v) is 17.5. The Balaban J connectivity index is 1.23. The zero-order chi connectivity index (χ0) is 21.4. The van der Waals surface area contributed by atoms with Gasteiger partial charge in [-0.05, 0) is 37.1 Å². The molecule has 3 heterocycles. The van der Waals surface area contributed by atoms with Crippen LogP contribution in [0, 0.1) is 5.92 Å². The molecule has 0 spiro atoms. The fourth-order valence-electron chi connectivity index (χ4n) is 4.63. The van der Waals surface area contributed by atoms with E-state index >= 15 is 0 Å². The second-order valence-electron chi connectivity index (χ2n) is 8.20. The number of likely N-dealkylation sites (tertiary alicyclic amines) is 1. The third-order valence-electron chi connectivity index (χ3n) is 6.32. The van der Waals surface area contributed by atoms with E-state index in [0.29, 0.717) is 25.4 Å². The number of oxazole rings is 1. The van der Waals surface area contributed by atoms with Gasteiger partial charge < -0.3 is 19.0 Å². The molecule has 2 aromatic carbocycles. The lowest BCUT2D eigenvalue weighted by molar-refractivity contribution is -0.136. The highest BCUT2D eigenvalue weighted by Gasteiger charge is 2.39. The predicted octanol–water partition coefficient (Wildman–Crippen LogP) is 3.60. The van der Waals surface area contributed by atoms with E-state index in [4.69, 9.17) is 9.15 Å². The van der Waals surface area contributed by atoms with E-state index in [-0.39, 0.29) is 30.1 Å². The average Bonchev–Trinajstić information content (AvgIpc) is 3.42. The quantitative estimate of drug-likeness (QED) is 0.646. The minimum absolute atomic E-state index is 0.0378.